The van der Waals surface area contributed by atoms with Crippen LogP contribution < -0.4 is 0 Å². The summed E-state index contributed by atoms with van der Waals surface area (Å²) in [7, 11) is 0. The maximum atomic E-state index is 6.65. The molecular formula is C20H39Cl. The molecule has 0 saturated carbocycles. The van der Waals surface area contributed by atoms with Crippen molar-refractivity contribution >= 4 is 11.6 Å². The molecule has 0 N–H and O–H groups in total. The van der Waals surface area contributed by atoms with E-state index in [0.717, 1.165) is 6.42 Å². The van der Waals surface area contributed by atoms with Crippen LogP contribution in [0, 0.1) is 0 Å². The Hall–Kier alpha value is 0.0300. The molecule has 0 bridgehead atoms. The average molecular weight is 315 g/mol. The summed E-state index contributed by atoms with van der Waals surface area (Å²) in [5.74, 6) is 0. The van der Waals surface area contributed by atoms with Gasteiger partial charge in [0.25, 0.3) is 0 Å². The standard InChI is InChI=1S/C20H39Cl/c1-6-7-8-9-10-11-12-13-14-15-16-17-20(5,21)19(4)18(2)3/h6-17H2,1-5H3. The Kier molecular flexibility index (Phi) is 12.6. The van der Waals surface area contributed by atoms with Crippen LogP contribution in [-0.2, 0) is 0 Å². The summed E-state index contributed by atoms with van der Waals surface area (Å²) in [5.41, 5.74) is 2.73. The van der Waals surface area contributed by atoms with E-state index in [-0.39, 0.29) is 4.87 Å². The first-order valence-electron chi connectivity index (χ1n) is 9.25. The van der Waals surface area contributed by atoms with Gasteiger partial charge in [-0.1, -0.05) is 88.7 Å². The molecule has 0 rings (SSSR count). The van der Waals surface area contributed by atoms with Crippen molar-refractivity contribution in [3.05, 3.63) is 11.1 Å². The minimum Gasteiger partial charge on any atom is -0.115 e. The molecule has 0 saturated heterocycles. The van der Waals surface area contributed by atoms with E-state index in [9.17, 15) is 0 Å². The number of allylic oxidation sites excluding steroid dienone is 2. The highest BCUT2D eigenvalue weighted by Gasteiger charge is 2.22. The maximum absolute atomic E-state index is 6.65. The summed E-state index contributed by atoms with van der Waals surface area (Å²) >= 11 is 6.65. The first-order valence-corrected chi connectivity index (χ1v) is 9.63. The molecular weight excluding hydrogens is 276 g/mol. The zero-order chi connectivity index (χ0) is 16.1. The molecule has 0 fully saturated rings. The van der Waals surface area contributed by atoms with Gasteiger partial charge in [0.2, 0.25) is 0 Å². The van der Waals surface area contributed by atoms with Gasteiger partial charge >= 0.3 is 0 Å². The number of halogens is 1. The number of hydrogen-bond acceptors (Lipinski definition) is 0. The van der Waals surface area contributed by atoms with Crippen molar-refractivity contribution < 1.29 is 0 Å². The molecule has 1 atom stereocenters. The number of rotatable bonds is 13. The zero-order valence-corrected chi connectivity index (χ0v) is 16.1. The highest BCUT2D eigenvalue weighted by Crippen LogP contribution is 2.32. The number of hydrogen-bond donors (Lipinski definition) is 0. The highest BCUT2D eigenvalue weighted by atomic mass is 35.5. The van der Waals surface area contributed by atoms with E-state index in [1.54, 1.807) is 0 Å². The second kappa shape index (κ2) is 12.6. The highest BCUT2D eigenvalue weighted by molar-refractivity contribution is 6.25. The minimum absolute atomic E-state index is 0.127. The molecule has 0 aromatic carbocycles. The van der Waals surface area contributed by atoms with Gasteiger partial charge in [-0.05, 0) is 34.1 Å². The van der Waals surface area contributed by atoms with Crippen molar-refractivity contribution in [2.75, 3.05) is 0 Å². The van der Waals surface area contributed by atoms with Crippen LogP contribution >= 0.6 is 11.6 Å². The lowest BCUT2D eigenvalue weighted by Gasteiger charge is -2.24. The molecule has 0 aromatic rings. The van der Waals surface area contributed by atoms with E-state index in [0.29, 0.717) is 0 Å². The molecule has 0 radical (unpaired) electrons. The molecule has 21 heavy (non-hydrogen) atoms. The van der Waals surface area contributed by atoms with Crippen LogP contribution in [0.4, 0.5) is 0 Å². The molecule has 0 nitrogen and oxygen atoms in total. The summed E-state index contributed by atoms with van der Waals surface area (Å²) in [5, 5.41) is 0. The largest absolute Gasteiger partial charge is 0.115 e. The van der Waals surface area contributed by atoms with Crippen molar-refractivity contribution in [2.45, 2.75) is 117 Å². The van der Waals surface area contributed by atoms with Gasteiger partial charge in [-0.25, -0.2) is 0 Å². The Balaban J connectivity index is 3.46. The third kappa shape index (κ3) is 11.3. The molecule has 0 amide bonds. The SMILES string of the molecule is CCCCCCCCCCCCCC(C)(Cl)C(C)=C(C)C. The minimum atomic E-state index is -0.127. The molecule has 0 spiro atoms. The summed E-state index contributed by atoms with van der Waals surface area (Å²) in [6.45, 7) is 11.0. The van der Waals surface area contributed by atoms with Crippen LogP contribution in [0.25, 0.3) is 0 Å². The predicted molar refractivity (Wildman–Crippen MR) is 99.4 cm³/mol. The van der Waals surface area contributed by atoms with Crippen LogP contribution in [-0.4, -0.2) is 4.87 Å². The number of unbranched alkanes of at least 4 members (excludes halogenated alkanes) is 10. The van der Waals surface area contributed by atoms with E-state index in [2.05, 4.69) is 34.6 Å². The second-order valence-electron chi connectivity index (χ2n) is 7.11. The van der Waals surface area contributed by atoms with Gasteiger partial charge in [-0.15, -0.1) is 11.6 Å². The summed E-state index contributed by atoms with van der Waals surface area (Å²) in [6, 6.07) is 0. The van der Waals surface area contributed by atoms with Gasteiger partial charge in [0.05, 0.1) is 4.87 Å². The molecule has 0 aromatic heterocycles. The quantitative estimate of drug-likeness (QED) is 0.183. The zero-order valence-electron chi connectivity index (χ0n) is 15.4. The van der Waals surface area contributed by atoms with Gasteiger partial charge in [-0.3, -0.25) is 0 Å². The van der Waals surface area contributed by atoms with Gasteiger partial charge in [0, 0.05) is 0 Å². The fourth-order valence-electron chi connectivity index (χ4n) is 2.83. The Bertz CT molecular complexity index is 272. The summed E-state index contributed by atoms with van der Waals surface area (Å²) in [6.07, 6.45) is 16.5. The predicted octanol–water partition coefficient (Wildman–Crippen LogP) is 8.04. The summed E-state index contributed by atoms with van der Waals surface area (Å²) in [4.78, 5) is -0.127. The lowest BCUT2D eigenvalue weighted by molar-refractivity contribution is 0.525. The van der Waals surface area contributed by atoms with Gasteiger partial charge in [0.1, 0.15) is 0 Å². The monoisotopic (exact) mass is 314 g/mol. The van der Waals surface area contributed by atoms with Crippen LogP contribution in [0.15, 0.2) is 11.1 Å². The van der Waals surface area contributed by atoms with Crippen molar-refractivity contribution in [1.82, 2.24) is 0 Å². The lowest BCUT2D eigenvalue weighted by Crippen LogP contribution is -2.18. The van der Waals surface area contributed by atoms with Crippen molar-refractivity contribution in [2.24, 2.45) is 0 Å². The Morgan fingerprint density at radius 3 is 1.48 bits per heavy atom. The molecule has 0 aliphatic rings. The third-order valence-electron chi connectivity index (χ3n) is 4.78. The van der Waals surface area contributed by atoms with E-state index in [4.69, 9.17) is 11.6 Å². The molecule has 1 heteroatoms. The van der Waals surface area contributed by atoms with Crippen LogP contribution in [0.2, 0.25) is 0 Å². The third-order valence-corrected chi connectivity index (χ3v) is 5.25. The fraction of sp³-hybridized carbons (Fsp3) is 0.900. The van der Waals surface area contributed by atoms with E-state index < -0.39 is 0 Å². The molecule has 0 heterocycles. The Labute approximate surface area is 139 Å². The maximum Gasteiger partial charge on any atom is 0.0626 e. The van der Waals surface area contributed by atoms with E-state index >= 15 is 0 Å². The van der Waals surface area contributed by atoms with Gasteiger partial charge < -0.3 is 0 Å². The Morgan fingerprint density at radius 1 is 0.714 bits per heavy atom. The lowest BCUT2D eigenvalue weighted by atomic mass is 9.92. The molecule has 1 unspecified atom stereocenters. The first-order chi connectivity index (χ1) is 9.91. The number of alkyl halides is 1. The van der Waals surface area contributed by atoms with Gasteiger partial charge in [0.15, 0.2) is 0 Å². The van der Waals surface area contributed by atoms with E-state index in [1.165, 1.54) is 81.8 Å². The van der Waals surface area contributed by atoms with Crippen molar-refractivity contribution in [1.29, 1.82) is 0 Å². The molecule has 0 aliphatic heterocycles. The van der Waals surface area contributed by atoms with Crippen LogP contribution in [0.3, 0.4) is 0 Å². The smallest absolute Gasteiger partial charge is 0.0626 e. The van der Waals surface area contributed by atoms with Crippen molar-refractivity contribution in [3.63, 3.8) is 0 Å². The summed E-state index contributed by atoms with van der Waals surface area (Å²) < 4.78 is 0. The van der Waals surface area contributed by atoms with Crippen LogP contribution in [0.5, 0.6) is 0 Å². The normalized spacial score (nSPS) is 14.0. The second-order valence-corrected chi connectivity index (χ2v) is 7.94. The molecule has 126 valence electrons. The topological polar surface area (TPSA) is 0 Å². The van der Waals surface area contributed by atoms with Crippen molar-refractivity contribution in [3.8, 4) is 0 Å². The Morgan fingerprint density at radius 2 is 1.10 bits per heavy atom. The van der Waals surface area contributed by atoms with E-state index in [1.807, 2.05) is 0 Å². The fourth-order valence-corrected chi connectivity index (χ4v) is 3.15. The molecule has 0 aliphatic carbocycles. The average Bonchev–Trinajstić information content (AvgIpc) is 2.43. The first kappa shape index (κ1) is 21.0. The van der Waals surface area contributed by atoms with Gasteiger partial charge in [-0.2, -0.15) is 0 Å². The van der Waals surface area contributed by atoms with Crippen LogP contribution in [0.1, 0.15) is 112 Å².